The van der Waals surface area contributed by atoms with Crippen molar-refractivity contribution in [3.05, 3.63) is 0 Å². The molecule has 0 spiro atoms. The molecule has 6 nitrogen and oxygen atoms in total. The maximum absolute atomic E-state index is 11.2. The Bertz CT molecular complexity index is 290. The molecule has 0 aromatic heterocycles. The number of rotatable bonds is 0. The summed E-state index contributed by atoms with van der Waals surface area (Å²) in [5, 5.41) is 6.52. The Kier molecular flexibility index (Phi) is 2.66. The van der Waals surface area contributed by atoms with Gasteiger partial charge in [0, 0.05) is 25.6 Å². The molecule has 2 aliphatic rings. The van der Waals surface area contributed by atoms with E-state index in [2.05, 4.69) is 10.4 Å². The highest BCUT2D eigenvalue weighted by Crippen LogP contribution is 2.24. The largest absolute Gasteiger partial charge is 0.368 e. The first-order valence-corrected chi connectivity index (χ1v) is 5.28. The molecule has 0 aromatic carbocycles. The van der Waals surface area contributed by atoms with Gasteiger partial charge in [-0.25, -0.2) is 0 Å². The maximum Gasteiger partial charge on any atom is 0.220 e. The summed E-state index contributed by atoms with van der Waals surface area (Å²) in [7, 11) is 0. The Morgan fingerprint density at radius 1 is 1.53 bits per heavy atom. The topological polar surface area (TPSA) is 96.7 Å². The first-order chi connectivity index (χ1) is 7.20. The fourth-order valence-corrected chi connectivity index (χ4v) is 2.40. The number of guanidine groups is 1. The highest BCUT2D eigenvalue weighted by Gasteiger charge is 2.34. The van der Waals surface area contributed by atoms with Gasteiger partial charge in [0.1, 0.15) is 0 Å². The number of carbonyl (C=O) groups excluding carboxylic acids is 1. The zero-order chi connectivity index (χ0) is 10.8. The monoisotopic (exact) mass is 211 g/mol. The van der Waals surface area contributed by atoms with E-state index in [9.17, 15) is 4.79 Å². The molecular weight excluding hydrogens is 194 g/mol. The molecule has 2 atom stereocenters. The third-order valence-corrected chi connectivity index (χ3v) is 3.28. The lowest BCUT2D eigenvalue weighted by Gasteiger charge is -2.41. The first-order valence-electron chi connectivity index (χ1n) is 5.28. The van der Waals surface area contributed by atoms with Crippen molar-refractivity contribution in [1.82, 2.24) is 10.2 Å². The van der Waals surface area contributed by atoms with Gasteiger partial charge in [-0.2, -0.15) is 0 Å². The van der Waals surface area contributed by atoms with E-state index in [1.165, 1.54) is 0 Å². The van der Waals surface area contributed by atoms with Crippen LogP contribution in [0, 0.1) is 5.92 Å². The first kappa shape index (κ1) is 10.1. The van der Waals surface area contributed by atoms with E-state index in [0.717, 1.165) is 25.9 Å². The highest BCUT2D eigenvalue weighted by molar-refractivity contribution is 5.79. The van der Waals surface area contributed by atoms with Crippen LogP contribution in [0.1, 0.15) is 19.3 Å². The van der Waals surface area contributed by atoms with E-state index >= 15 is 0 Å². The van der Waals surface area contributed by atoms with Gasteiger partial charge >= 0.3 is 0 Å². The predicted molar refractivity (Wildman–Crippen MR) is 56.7 cm³/mol. The third-order valence-electron chi connectivity index (χ3n) is 3.28. The van der Waals surface area contributed by atoms with E-state index in [-0.39, 0.29) is 5.91 Å². The number of fused-ring (bicyclic) bond motifs is 1. The Morgan fingerprint density at radius 2 is 2.33 bits per heavy atom. The molecule has 5 N–H and O–H groups in total. The highest BCUT2D eigenvalue weighted by atomic mass is 16.1. The standard InChI is InChI=1S/C9H17N5O/c10-9(13-11)14-4-3-7-6(5-14)1-2-8(15)12-7/h6-7H,1-5,11H2,(H2,10,13)(H,12,15). The second-order valence-corrected chi connectivity index (χ2v) is 4.19. The minimum absolute atomic E-state index is 0.171. The van der Waals surface area contributed by atoms with Gasteiger partial charge in [-0.1, -0.05) is 0 Å². The quantitative estimate of drug-likeness (QED) is 0.202. The van der Waals surface area contributed by atoms with Crippen LogP contribution in [0.15, 0.2) is 5.10 Å². The zero-order valence-electron chi connectivity index (χ0n) is 8.65. The fourth-order valence-electron chi connectivity index (χ4n) is 2.40. The van der Waals surface area contributed by atoms with Crippen LogP contribution in [0.25, 0.3) is 0 Å². The van der Waals surface area contributed by atoms with Crippen LogP contribution in [0.5, 0.6) is 0 Å². The number of hydrogen-bond acceptors (Lipinski definition) is 3. The van der Waals surface area contributed by atoms with Gasteiger partial charge in [-0.05, 0) is 18.8 Å². The number of piperidine rings is 2. The molecule has 0 radical (unpaired) electrons. The minimum Gasteiger partial charge on any atom is -0.368 e. The molecule has 1 amide bonds. The van der Waals surface area contributed by atoms with Crippen LogP contribution in [0.2, 0.25) is 0 Å². The number of nitrogens with zero attached hydrogens (tertiary/aromatic N) is 2. The molecule has 2 unspecified atom stereocenters. The number of amides is 1. The number of nitrogens with two attached hydrogens (primary N) is 2. The Balaban J connectivity index is 1.98. The SMILES string of the molecule is NN=C(N)N1CCC2NC(=O)CCC2C1. The number of nitrogens with one attached hydrogen (secondary N) is 1. The van der Waals surface area contributed by atoms with Gasteiger partial charge in [0.2, 0.25) is 11.9 Å². The molecule has 2 saturated heterocycles. The lowest BCUT2D eigenvalue weighted by molar-refractivity contribution is -0.125. The molecule has 0 bridgehead atoms. The van der Waals surface area contributed by atoms with Gasteiger partial charge in [-0.3, -0.25) is 4.79 Å². The molecule has 6 heteroatoms. The lowest BCUT2D eigenvalue weighted by atomic mass is 9.85. The molecule has 0 aromatic rings. The van der Waals surface area contributed by atoms with E-state index in [0.29, 0.717) is 24.3 Å². The molecule has 2 rings (SSSR count). The molecule has 2 aliphatic heterocycles. The van der Waals surface area contributed by atoms with Gasteiger partial charge in [-0.15, -0.1) is 5.10 Å². The summed E-state index contributed by atoms with van der Waals surface area (Å²) in [4.78, 5) is 13.2. The average Bonchev–Trinajstić information content (AvgIpc) is 2.27. The van der Waals surface area contributed by atoms with Crippen LogP contribution >= 0.6 is 0 Å². The molecule has 84 valence electrons. The molecule has 0 saturated carbocycles. The maximum atomic E-state index is 11.2. The molecule has 2 heterocycles. The minimum atomic E-state index is 0.171. The Morgan fingerprint density at radius 3 is 3.07 bits per heavy atom. The van der Waals surface area contributed by atoms with Crippen molar-refractivity contribution in [2.45, 2.75) is 25.3 Å². The Labute approximate surface area is 88.7 Å². The van der Waals surface area contributed by atoms with Crippen LogP contribution in [0.4, 0.5) is 0 Å². The van der Waals surface area contributed by atoms with Crippen molar-refractivity contribution in [3.8, 4) is 0 Å². The van der Waals surface area contributed by atoms with E-state index in [1.54, 1.807) is 0 Å². The van der Waals surface area contributed by atoms with E-state index in [4.69, 9.17) is 11.6 Å². The number of hydrogen-bond donors (Lipinski definition) is 3. The summed E-state index contributed by atoms with van der Waals surface area (Å²) in [6.07, 6.45) is 2.48. The van der Waals surface area contributed by atoms with Crippen molar-refractivity contribution in [3.63, 3.8) is 0 Å². The van der Waals surface area contributed by atoms with Crippen LogP contribution in [-0.4, -0.2) is 35.9 Å². The third kappa shape index (κ3) is 1.98. The normalized spacial score (nSPS) is 32.1. The Hall–Kier alpha value is -1.46. The van der Waals surface area contributed by atoms with Gasteiger partial charge < -0.3 is 21.8 Å². The summed E-state index contributed by atoms with van der Waals surface area (Å²) in [5.41, 5.74) is 5.66. The van der Waals surface area contributed by atoms with Crippen molar-refractivity contribution in [2.24, 2.45) is 22.6 Å². The summed E-state index contributed by atoms with van der Waals surface area (Å²) >= 11 is 0. The summed E-state index contributed by atoms with van der Waals surface area (Å²) in [6.45, 7) is 1.66. The second-order valence-electron chi connectivity index (χ2n) is 4.19. The fraction of sp³-hybridized carbons (Fsp3) is 0.778. The van der Waals surface area contributed by atoms with Crippen LogP contribution < -0.4 is 16.9 Å². The summed E-state index contributed by atoms with van der Waals surface area (Å²) < 4.78 is 0. The smallest absolute Gasteiger partial charge is 0.220 e. The molecule has 15 heavy (non-hydrogen) atoms. The van der Waals surface area contributed by atoms with E-state index in [1.807, 2.05) is 4.90 Å². The average molecular weight is 211 g/mol. The number of likely N-dealkylation sites (tertiary alicyclic amines) is 1. The van der Waals surface area contributed by atoms with Crippen molar-refractivity contribution >= 4 is 11.9 Å². The van der Waals surface area contributed by atoms with Crippen molar-refractivity contribution in [1.29, 1.82) is 0 Å². The van der Waals surface area contributed by atoms with Crippen molar-refractivity contribution < 1.29 is 4.79 Å². The van der Waals surface area contributed by atoms with E-state index < -0.39 is 0 Å². The van der Waals surface area contributed by atoms with Gasteiger partial charge in [0.15, 0.2) is 0 Å². The molecule has 0 aliphatic carbocycles. The summed E-state index contributed by atoms with van der Waals surface area (Å²) in [5.74, 6) is 6.19. The lowest BCUT2D eigenvalue weighted by Crippen LogP contribution is -2.56. The van der Waals surface area contributed by atoms with Gasteiger partial charge in [0.25, 0.3) is 0 Å². The summed E-state index contributed by atoms with van der Waals surface area (Å²) in [6, 6.07) is 0.313. The van der Waals surface area contributed by atoms with Crippen LogP contribution in [-0.2, 0) is 4.79 Å². The van der Waals surface area contributed by atoms with Gasteiger partial charge in [0.05, 0.1) is 0 Å². The second kappa shape index (κ2) is 3.96. The number of carbonyl (C=O) groups is 1. The molecular formula is C9H17N5O. The number of hydrazone groups is 1. The zero-order valence-corrected chi connectivity index (χ0v) is 8.65. The van der Waals surface area contributed by atoms with Crippen LogP contribution in [0.3, 0.4) is 0 Å². The molecule has 2 fully saturated rings. The van der Waals surface area contributed by atoms with Crippen molar-refractivity contribution in [2.75, 3.05) is 13.1 Å². The predicted octanol–water partition coefficient (Wildman–Crippen LogP) is -1.22.